The van der Waals surface area contributed by atoms with Crippen molar-refractivity contribution in [2.75, 3.05) is 7.11 Å². The molecule has 0 unspecified atom stereocenters. The maximum Gasteiger partial charge on any atom is 0.339 e. The van der Waals surface area contributed by atoms with E-state index in [1.807, 2.05) is 13.8 Å². The molecule has 2 N–H and O–H groups in total. The summed E-state index contributed by atoms with van der Waals surface area (Å²) in [7, 11) is 1.36. The summed E-state index contributed by atoms with van der Waals surface area (Å²) in [5.41, 5.74) is 1.58. The first-order valence-corrected chi connectivity index (χ1v) is 10.7. The Bertz CT molecular complexity index is 1520. The Hall–Kier alpha value is -4.38. The normalized spacial score (nSPS) is 11.4. The highest BCUT2D eigenvalue weighted by Gasteiger charge is 2.32. The van der Waals surface area contributed by atoms with Crippen molar-refractivity contribution in [2.24, 2.45) is 0 Å². The molecule has 0 radical (unpaired) electrons. The van der Waals surface area contributed by atoms with Crippen LogP contribution in [0.25, 0.3) is 27.7 Å². The Balaban J connectivity index is 2.18. The average Bonchev–Trinajstić information content (AvgIpc) is 3.14. The number of carboxylic acids is 1. The molecule has 0 spiro atoms. The highest BCUT2D eigenvalue weighted by molar-refractivity contribution is 6.00. The molecule has 0 atom stereocenters. The molecule has 4 aromatic rings. The molecule has 8 heteroatoms. The van der Waals surface area contributed by atoms with Crippen LogP contribution < -0.4 is 4.74 Å². The van der Waals surface area contributed by atoms with Crippen molar-refractivity contribution in [3.05, 3.63) is 77.5 Å². The first kappa shape index (κ1) is 23.8. The van der Waals surface area contributed by atoms with Gasteiger partial charge in [0.15, 0.2) is 11.6 Å². The molecule has 4 rings (SSSR count). The standard InChI is InChI=1S/C27H22F2N2O4/c1-27(2,10-11-30)25-24(15-4-9-20(29)23(12-15)35-3)18-7-5-16(28)13-21(18)31(25)17-6-8-19(26(33)34)22(32)14-17/h4-9,12-14,32H,10H2,1-3H3,(H,33,34). The number of hydrogen-bond donors (Lipinski definition) is 2. The van der Waals surface area contributed by atoms with E-state index in [1.54, 1.807) is 16.7 Å². The van der Waals surface area contributed by atoms with E-state index in [-0.39, 0.29) is 17.7 Å². The second-order valence-electron chi connectivity index (χ2n) is 8.80. The molecule has 0 fully saturated rings. The van der Waals surface area contributed by atoms with Crippen molar-refractivity contribution in [1.29, 1.82) is 5.26 Å². The van der Waals surface area contributed by atoms with Crippen LogP contribution in [0.3, 0.4) is 0 Å². The lowest BCUT2D eigenvalue weighted by Gasteiger charge is -2.27. The second kappa shape index (κ2) is 8.76. The van der Waals surface area contributed by atoms with E-state index in [0.29, 0.717) is 33.4 Å². The zero-order valence-electron chi connectivity index (χ0n) is 19.3. The fourth-order valence-corrected chi connectivity index (χ4v) is 4.40. The van der Waals surface area contributed by atoms with Gasteiger partial charge in [0.05, 0.1) is 18.7 Å². The summed E-state index contributed by atoms with van der Waals surface area (Å²) < 4.78 is 35.6. The van der Waals surface area contributed by atoms with Gasteiger partial charge in [0.2, 0.25) is 0 Å². The number of carbonyl (C=O) groups is 1. The first-order chi connectivity index (χ1) is 16.6. The number of aromatic nitrogens is 1. The van der Waals surface area contributed by atoms with Crippen LogP contribution in [0.5, 0.6) is 11.5 Å². The molecule has 0 bridgehead atoms. The molecule has 0 amide bonds. The third-order valence-corrected chi connectivity index (χ3v) is 6.00. The van der Waals surface area contributed by atoms with Crippen molar-refractivity contribution < 1.29 is 28.5 Å². The number of nitriles is 1. The van der Waals surface area contributed by atoms with Gasteiger partial charge in [0.1, 0.15) is 17.1 Å². The molecule has 0 aliphatic rings. The minimum atomic E-state index is -1.29. The molecular formula is C27H22F2N2O4. The van der Waals surface area contributed by atoms with Crippen molar-refractivity contribution in [3.63, 3.8) is 0 Å². The number of phenols is 1. The molecule has 0 aliphatic carbocycles. The second-order valence-corrected chi connectivity index (χ2v) is 8.80. The Morgan fingerprint density at radius 2 is 1.86 bits per heavy atom. The zero-order chi connectivity index (χ0) is 25.5. The number of fused-ring (bicyclic) bond motifs is 1. The summed E-state index contributed by atoms with van der Waals surface area (Å²) in [5, 5.41) is 29.9. The Labute approximate surface area is 200 Å². The van der Waals surface area contributed by atoms with E-state index in [0.717, 1.165) is 0 Å². The van der Waals surface area contributed by atoms with Gasteiger partial charge in [-0.25, -0.2) is 13.6 Å². The maximum atomic E-state index is 14.5. The fourth-order valence-electron chi connectivity index (χ4n) is 4.40. The van der Waals surface area contributed by atoms with Gasteiger partial charge in [0, 0.05) is 40.2 Å². The molecule has 35 heavy (non-hydrogen) atoms. The minimum absolute atomic E-state index is 0.0259. The topological polar surface area (TPSA) is 95.5 Å². The number of aromatic hydroxyl groups is 1. The van der Waals surface area contributed by atoms with Crippen molar-refractivity contribution in [1.82, 2.24) is 4.57 Å². The van der Waals surface area contributed by atoms with Crippen LogP contribution in [0.2, 0.25) is 0 Å². The Morgan fingerprint density at radius 1 is 1.11 bits per heavy atom. The maximum absolute atomic E-state index is 14.5. The van der Waals surface area contributed by atoms with Crippen LogP contribution in [0.4, 0.5) is 8.78 Å². The summed E-state index contributed by atoms with van der Waals surface area (Å²) in [6.07, 6.45) is 0.0936. The third kappa shape index (κ3) is 4.06. The van der Waals surface area contributed by atoms with E-state index < -0.39 is 28.8 Å². The summed E-state index contributed by atoms with van der Waals surface area (Å²) in [5.74, 6) is -2.77. The molecule has 0 saturated heterocycles. The SMILES string of the molecule is COc1cc(-c2c(C(C)(C)CC#N)n(-c3ccc(C(=O)O)c(O)c3)c3cc(F)ccc23)ccc1F. The summed E-state index contributed by atoms with van der Waals surface area (Å²) >= 11 is 0. The lowest BCUT2D eigenvalue weighted by atomic mass is 9.82. The van der Waals surface area contributed by atoms with E-state index in [1.165, 1.54) is 49.6 Å². The molecule has 1 aromatic heterocycles. The number of carboxylic acid groups (broad SMARTS) is 1. The summed E-state index contributed by atoms with van der Waals surface area (Å²) in [6.45, 7) is 3.71. The Morgan fingerprint density at radius 3 is 2.49 bits per heavy atom. The quantitative estimate of drug-likeness (QED) is 0.347. The first-order valence-electron chi connectivity index (χ1n) is 10.7. The summed E-state index contributed by atoms with van der Waals surface area (Å²) in [6, 6.07) is 14.9. The van der Waals surface area contributed by atoms with Crippen LogP contribution in [0.1, 0.15) is 36.3 Å². The van der Waals surface area contributed by atoms with Gasteiger partial charge in [-0.15, -0.1) is 0 Å². The van der Waals surface area contributed by atoms with Gasteiger partial charge in [-0.05, 0) is 48.0 Å². The zero-order valence-corrected chi connectivity index (χ0v) is 19.3. The van der Waals surface area contributed by atoms with Gasteiger partial charge in [-0.2, -0.15) is 5.26 Å². The molecule has 6 nitrogen and oxygen atoms in total. The number of hydrogen-bond acceptors (Lipinski definition) is 4. The van der Waals surface area contributed by atoms with Gasteiger partial charge in [-0.1, -0.05) is 19.9 Å². The molecule has 1 heterocycles. The number of benzene rings is 3. The average molecular weight is 476 g/mol. The van der Waals surface area contributed by atoms with Crippen LogP contribution in [0.15, 0.2) is 54.6 Å². The Kier molecular flexibility index (Phi) is 5.95. The van der Waals surface area contributed by atoms with E-state index in [4.69, 9.17) is 4.74 Å². The molecule has 3 aromatic carbocycles. The summed E-state index contributed by atoms with van der Waals surface area (Å²) in [4.78, 5) is 11.4. The number of rotatable bonds is 6. The lowest BCUT2D eigenvalue weighted by Crippen LogP contribution is -2.22. The number of nitrogens with zero attached hydrogens (tertiary/aromatic N) is 2. The van der Waals surface area contributed by atoms with Gasteiger partial charge < -0.3 is 19.5 Å². The van der Waals surface area contributed by atoms with E-state index in [9.17, 15) is 29.1 Å². The molecule has 0 saturated carbocycles. The molecule has 0 aliphatic heterocycles. The van der Waals surface area contributed by atoms with Crippen molar-refractivity contribution in [2.45, 2.75) is 25.7 Å². The van der Waals surface area contributed by atoms with Crippen LogP contribution in [-0.4, -0.2) is 27.9 Å². The van der Waals surface area contributed by atoms with E-state index >= 15 is 0 Å². The van der Waals surface area contributed by atoms with Gasteiger partial charge >= 0.3 is 5.97 Å². The fraction of sp³-hybridized carbons (Fsp3) is 0.185. The lowest BCUT2D eigenvalue weighted by molar-refractivity contribution is 0.0693. The molecular weight excluding hydrogens is 454 g/mol. The highest BCUT2D eigenvalue weighted by atomic mass is 19.1. The minimum Gasteiger partial charge on any atom is -0.507 e. The smallest absolute Gasteiger partial charge is 0.339 e. The number of aromatic carboxylic acids is 1. The number of halogens is 2. The number of ether oxygens (including phenoxy) is 1. The number of methoxy groups -OCH3 is 1. The predicted molar refractivity (Wildman–Crippen MR) is 127 cm³/mol. The van der Waals surface area contributed by atoms with E-state index in [2.05, 4.69) is 6.07 Å². The monoisotopic (exact) mass is 476 g/mol. The third-order valence-electron chi connectivity index (χ3n) is 6.00. The van der Waals surface area contributed by atoms with Crippen molar-refractivity contribution >= 4 is 16.9 Å². The largest absolute Gasteiger partial charge is 0.507 e. The van der Waals surface area contributed by atoms with Gasteiger partial charge in [0.25, 0.3) is 0 Å². The van der Waals surface area contributed by atoms with Crippen LogP contribution >= 0.6 is 0 Å². The highest BCUT2D eigenvalue weighted by Crippen LogP contribution is 2.45. The van der Waals surface area contributed by atoms with Gasteiger partial charge in [-0.3, -0.25) is 0 Å². The molecule has 178 valence electrons. The predicted octanol–water partition coefficient (Wildman–Crippen LogP) is 6.18. The van der Waals surface area contributed by atoms with Crippen molar-refractivity contribution in [3.8, 4) is 34.4 Å². The van der Waals surface area contributed by atoms with Crippen LogP contribution in [-0.2, 0) is 5.41 Å². The van der Waals surface area contributed by atoms with Crippen LogP contribution in [0, 0.1) is 23.0 Å².